The fourth-order valence-corrected chi connectivity index (χ4v) is 2.52. The van der Waals surface area contributed by atoms with E-state index in [4.69, 9.17) is 4.98 Å². The zero-order valence-electron chi connectivity index (χ0n) is 14.0. The van der Waals surface area contributed by atoms with Gasteiger partial charge in [-0.15, -0.1) is 0 Å². The van der Waals surface area contributed by atoms with Crippen molar-refractivity contribution in [2.45, 2.75) is 73.1 Å². The summed E-state index contributed by atoms with van der Waals surface area (Å²) in [4.78, 5) is 8.32. The lowest BCUT2D eigenvalue weighted by Crippen LogP contribution is -2.32. The molecule has 1 aromatic heterocycles. The summed E-state index contributed by atoms with van der Waals surface area (Å²) in [6.45, 7) is 18.4. The van der Waals surface area contributed by atoms with Crippen LogP contribution in [-0.2, 0) is 5.41 Å². The Bertz CT molecular complexity index is 390. The van der Waals surface area contributed by atoms with Crippen LogP contribution < -0.4 is 0 Å². The smallest absolute Gasteiger partial charge is 0.112 e. The number of rotatable bonds is 6. The van der Waals surface area contributed by atoms with Gasteiger partial charge in [-0.25, -0.2) is 4.98 Å². The Labute approximate surface area is 119 Å². The van der Waals surface area contributed by atoms with Crippen LogP contribution in [0.15, 0.2) is 6.20 Å². The van der Waals surface area contributed by atoms with Crippen molar-refractivity contribution in [1.29, 1.82) is 0 Å². The second-order valence-electron chi connectivity index (χ2n) is 7.10. The molecule has 0 saturated carbocycles. The Morgan fingerprint density at radius 1 is 1.16 bits per heavy atom. The number of aromatic amines is 1. The van der Waals surface area contributed by atoms with Crippen molar-refractivity contribution in [1.82, 2.24) is 9.97 Å². The van der Waals surface area contributed by atoms with Gasteiger partial charge in [0.25, 0.3) is 0 Å². The van der Waals surface area contributed by atoms with Crippen molar-refractivity contribution >= 4 is 0 Å². The zero-order valence-corrected chi connectivity index (χ0v) is 14.0. The fourth-order valence-electron chi connectivity index (χ4n) is 2.52. The highest BCUT2D eigenvalue weighted by Gasteiger charge is 2.34. The molecule has 3 atom stereocenters. The lowest BCUT2D eigenvalue weighted by molar-refractivity contribution is 0.234. The molecule has 0 spiro atoms. The summed E-state index contributed by atoms with van der Waals surface area (Å²) in [5, 5.41) is 0. The molecule has 1 N–H and O–H groups in total. The number of aromatic nitrogens is 2. The fraction of sp³-hybridized carbons (Fsp3) is 0.824. The van der Waals surface area contributed by atoms with Crippen molar-refractivity contribution in [3.05, 3.63) is 17.7 Å². The summed E-state index contributed by atoms with van der Waals surface area (Å²) in [7, 11) is 0. The van der Waals surface area contributed by atoms with Gasteiger partial charge in [0.1, 0.15) is 5.82 Å². The first-order valence-electron chi connectivity index (χ1n) is 7.77. The number of imidazole rings is 1. The van der Waals surface area contributed by atoms with Crippen LogP contribution in [0.3, 0.4) is 0 Å². The van der Waals surface area contributed by atoms with Crippen molar-refractivity contribution in [2.75, 3.05) is 0 Å². The summed E-state index contributed by atoms with van der Waals surface area (Å²) in [5.41, 5.74) is 1.30. The Morgan fingerprint density at radius 2 is 1.74 bits per heavy atom. The zero-order chi connectivity index (χ0) is 14.8. The third-order valence-electron chi connectivity index (χ3n) is 5.31. The molecule has 0 aliphatic heterocycles. The van der Waals surface area contributed by atoms with Crippen LogP contribution in [0, 0.1) is 17.8 Å². The molecule has 0 aromatic carbocycles. The summed E-state index contributed by atoms with van der Waals surface area (Å²) >= 11 is 0. The van der Waals surface area contributed by atoms with Gasteiger partial charge in [0, 0.05) is 17.5 Å². The summed E-state index contributed by atoms with van der Waals surface area (Å²) in [6.07, 6.45) is 3.33. The lowest BCUT2D eigenvalue weighted by atomic mass is 9.72. The maximum Gasteiger partial charge on any atom is 0.112 e. The van der Waals surface area contributed by atoms with Gasteiger partial charge in [-0.1, -0.05) is 61.8 Å². The van der Waals surface area contributed by atoms with Gasteiger partial charge >= 0.3 is 0 Å². The average Bonchev–Trinajstić information content (AvgIpc) is 2.85. The van der Waals surface area contributed by atoms with Gasteiger partial charge in [0.2, 0.25) is 0 Å². The highest BCUT2D eigenvalue weighted by atomic mass is 14.9. The monoisotopic (exact) mass is 264 g/mol. The summed E-state index contributed by atoms with van der Waals surface area (Å²) < 4.78 is 0. The molecule has 19 heavy (non-hydrogen) atoms. The minimum absolute atomic E-state index is 0.102. The minimum atomic E-state index is 0.102. The molecular weight excluding hydrogens is 232 g/mol. The van der Waals surface area contributed by atoms with Crippen LogP contribution in [0.1, 0.15) is 79.2 Å². The Morgan fingerprint density at radius 3 is 2.21 bits per heavy atom. The molecule has 2 heteroatoms. The van der Waals surface area contributed by atoms with E-state index in [1.54, 1.807) is 0 Å². The lowest BCUT2D eigenvalue weighted by Gasteiger charge is -2.34. The maximum atomic E-state index is 4.89. The molecule has 110 valence electrons. The van der Waals surface area contributed by atoms with E-state index >= 15 is 0 Å². The molecule has 0 radical (unpaired) electrons. The molecule has 3 unspecified atom stereocenters. The highest BCUT2D eigenvalue weighted by Crippen LogP contribution is 2.36. The van der Waals surface area contributed by atoms with E-state index in [0.29, 0.717) is 23.7 Å². The third-order valence-corrected chi connectivity index (χ3v) is 5.31. The largest absolute Gasteiger partial charge is 0.348 e. The van der Waals surface area contributed by atoms with E-state index in [1.807, 2.05) is 0 Å². The van der Waals surface area contributed by atoms with E-state index < -0.39 is 0 Å². The number of nitrogens with one attached hydrogen (secondary N) is 1. The first-order valence-corrected chi connectivity index (χ1v) is 7.77. The molecule has 2 nitrogen and oxygen atoms in total. The van der Waals surface area contributed by atoms with Gasteiger partial charge in [-0.3, -0.25) is 0 Å². The topological polar surface area (TPSA) is 28.7 Å². The van der Waals surface area contributed by atoms with Crippen molar-refractivity contribution in [3.63, 3.8) is 0 Å². The van der Waals surface area contributed by atoms with E-state index in [0.717, 1.165) is 5.82 Å². The normalized spacial score (nSPS) is 17.5. The van der Waals surface area contributed by atoms with Crippen molar-refractivity contribution in [2.24, 2.45) is 17.8 Å². The van der Waals surface area contributed by atoms with E-state index in [1.165, 1.54) is 12.1 Å². The van der Waals surface area contributed by atoms with Crippen LogP contribution in [-0.4, -0.2) is 9.97 Å². The Balaban J connectivity index is 2.96. The molecule has 0 aliphatic rings. The molecule has 0 aliphatic carbocycles. The third kappa shape index (κ3) is 3.40. The predicted octanol–water partition coefficient (Wildman–Crippen LogP) is 5.13. The molecular formula is C17H32N2. The maximum absolute atomic E-state index is 4.89. The number of hydrogen-bond acceptors (Lipinski definition) is 1. The van der Waals surface area contributed by atoms with Crippen molar-refractivity contribution < 1.29 is 0 Å². The second kappa shape index (κ2) is 6.11. The number of hydrogen-bond donors (Lipinski definition) is 1. The average molecular weight is 264 g/mol. The minimum Gasteiger partial charge on any atom is -0.348 e. The quantitative estimate of drug-likeness (QED) is 0.758. The molecule has 0 amide bonds. The van der Waals surface area contributed by atoms with Gasteiger partial charge in [0.05, 0.1) is 5.69 Å². The van der Waals surface area contributed by atoms with Gasteiger partial charge < -0.3 is 4.98 Å². The van der Waals surface area contributed by atoms with Gasteiger partial charge in [0.15, 0.2) is 0 Å². The van der Waals surface area contributed by atoms with Crippen LogP contribution in [0.4, 0.5) is 0 Å². The van der Waals surface area contributed by atoms with Crippen LogP contribution in [0.5, 0.6) is 0 Å². The van der Waals surface area contributed by atoms with Crippen LogP contribution >= 0.6 is 0 Å². The standard InChI is InChI=1S/C17H32N2/c1-9-12(4)14(6)17(7,8)16-18-10-15(19-16)13(5)11(2)3/h10-14H,9H2,1-8H3,(H,18,19). The number of H-pyrrole nitrogens is 1. The first kappa shape index (κ1) is 16.3. The molecule has 1 rings (SSSR count). The Hall–Kier alpha value is -0.790. The molecule has 0 bridgehead atoms. The van der Waals surface area contributed by atoms with Gasteiger partial charge in [-0.2, -0.15) is 0 Å². The first-order chi connectivity index (χ1) is 8.71. The SMILES string of the molecule is CCC(C)C(C)C(C)(C)c1nc(C(C)C(C)C)c[nH]1. The van der Waals surface area contributed by atoms with E-state index in [9.17, 15) is 0 Å². The predicted molar refractivity (Wildman–Crippen MR) is 83.5 cm³/mol. The molecule has 0 fully saturated rings. The molecule has 1 heterocycles. The second-order valence-corrected chi connectivity index (χ2v) is 7.10. The Kier molecular flexibility index (Phi) is 5.23. The van der Waals surface area contributed by atoms with Crippen LogP contribution in [0.2, 0.25) is 0 Å². The van der Waals surface area contributed by atoms with E-state index in [-0.39, 0.29) is 5.41 Å². The number of nitrogens with zero attached hydrogens (tertiary/aromatic N) is 1. The molecule has 1 aromatic rings. The van der Waals surface area contributed by atoms with Crippen molar-refractivity contribution in [3.8, 4) is 0 Å². The van der Waals surface area contributed by atoms with Crippen LogP contribution in [0.25, 0.3) is 0 Å². The van der Waals surface area contributed by atoms with Gasteiger partial charge in [-0.05, 0) is 17.8 Å². The highest BCUT2D eigenvalue weighted by molar-refractivity contribution is 5.14. The summed E-state index contributed by atoms with van der Waals surface area (Å²) in [5.74, 6) is 3.62. The van der Waals surface area contributed by atoms with E-state index in [2.05, 4.69) is 66.6 Å². The summed E-state index contributed by atoms with van der Waals surface area (Å²) in [6, 6.07) is 0. The molecule has 0 saturated heterocycles.